The highest BCUT2D eigenvalue weighted by Gasteiger charge is 2.26. The first-order valence-corrected chi connectivity index (χ1v) is 12.6. The second-order valence-corrected chi connectivity index (χ2v) is 10.6. The number of pyridine rings is 1. The van der Waals surface area contributed by atoms with Gasteiger partial charge in [-0.15, -0.1) is 0 Å². The first kappa shape index (κ1) is 23.4. The van der Waals surface area contributed by atoms with Gasteiger partial charge in [-0.05, 0) is 58.2 Å². The average Bonchev–Trinajstić information content (AvgIpc) is 3.47. The maximum absolute atomic E-state index is 12.3. The van der Waals surface area contributed by atoms with E-state index in [1.807, 2.05) is 45.3 Å². The molecule has 9 heteroatoms. The SMILES string of the molecule is Cc1cn(C2CCCC2)c2nc(Nc3ccc(N4CCN(C(=O)OC(C)(C)C)CC4)nc3)ncc12. The van der Waals surface area contributed by atoms with Crippen LogP contribution in [0.2, 0.25) is 0 Å². The number of aromatic nitrogens is 4. The van der Waals surface area contributed by atoms with Crippen LogP contribution >= 0.6 is 0 Å². The first-order chi connectivity index (χ1) is 16.8. The molecular weight excluding hydrogens is 442 g/mol. The highest BCUT2D eigenvalue weighted by atomic mass is 16.6. The molecule has 2 aliphatic rings. The maximum atomic E-state index is 12.3. The molecule has 5 rings (SSSR count). The molecule has 1 saturated carbocycles. The van der Waals surface area contributed by atoms with Crippen LogP contribution in [0.15, 0.2) is 30.7 Å². The number of rotatable bonds is 4. The number of amides is 1. The van der Waals surface area contributed by atoms with Gasteiger partial charge in [0.05, 0.1) is 11.9 Å². The largest absolute Gasteiger partial charge is 0.444 e. The number of nitrogens with zero attached hydrogens (tertiary/aromatic N) is 6. The van der Waals surface area contributed by atoms with Crippen LogP contribution in [0.5, 0.6) is 0 Å². The van der Waals surface area contributed by atoms with Crippen molar-refractivity contribution in [1.82, 2.24) is 24.4 Å². The standard InChI is InChI=1S/C26H35N7O2/c1-18-17-33(20-7-5-6-8-20)23-21(18)16-28-24(30-23)29-19-9-10-22(27-15-19)31-11-13-32(14-12-31)25(34)35-26(2,3)4/h9-10,15-17,20H,5-8,11-14H2,1-4H3,(H,28,29,30). The molecule has 1 aliphatic carbocycles. The van der Waals surface area contributed by atoms with Gasteiger partial charge in [-0.3, -0.25) is 0 Å². The molecule has 0 radical (unpaired) electrons. The van der Waals surface area contributed by atoms with Crippen molar-refractivity contribution in [1.29, 1.82) is 0 Å². The highest BCUT2D eigenvalue weighted by Crippen LogP contribution is 2.33. The topological polar surface area (TPSA) is 88.4 Å². The van der Waals surface area contributed by atoms with Gasteiger partial charge in [0.1, 0.15) is 17.1 Å². The van der Waals surface area contributed by atoms with Gasteiger partial charge in [0, 0.05) is 50.0 Å². The lowest BCUT2D eigenvalue weighted by molar-refractivity contribution is 0.0240. The van der Waals surface area contributed by atoms with Crippen LogP contribution in [-0.4, -0.2) is 62.3 Å². The highest BCUT2D eigenvalue weighted by molar-refractivity contribution is 5.81. The molecular formula is C26H35N7O2. The van der Waals surface area contributed by atoms with E-state index >= 15 is 0 Å². The molecule has 0 aromatic carbocycles. The van der Waals surface area contributed by atoms with Gasteiger partial charge in [0.25, 0.3) is 0 Å². The molecule has 186 valence electrons. The molecule has 0 unspecified atom stereocenters. The average molecular weight is 478 g/mol. The molecule has 4 heterocycles. The molecule has 1 N–H and O–H groups in total. The summed E-state index contributed by atoms with van der Waals surface area (Å²) in [7, 11) is 0. The third kappa shape index (κ3) is 5.18. The fraction of sp³-hybridized carbons (Fsp3) is 0.538. The molecule has 3 aromatic heterocycles. The van der Waals surface area contributed by atoms with Gasteiger partial charge in [-0.25, -0.2) is 14.8 Å². The molecule has 0 bridgehead atoms. The second kappa shape index (κ2) is 9.36. The zero-order chi connectivity index (χ0) is 24.6. The molecule has 0 atom stereocenters. The van der Waals surface area contributed by atoms with Crippen LogP contribution < -0.4 is 10.2 Å². The Labute approximate surface area is 206 Å². The van der Waals surface area contributed by atoms with Crippen molar-refractivity contribution < 1.29 is 9.53 Å². The lowest BCUT2D eigenvalue weighted by Gasteiger charge is -2.36. The van der Waals surface area contributed by atoms with Crippen LogP contribution in [0.1, 0.15) is 58.1 Å². The van der Waals surface area contributed by atoms with Crippen LogP contribution in [-0.2, 0) is 4.74 Å². The molecule has 1 saturated heterocycles. The summed E-state index contributed by atoms with van der Waals surface area (Å²) in [4.78, 5) is 30.3. The van der Waals surface area contributed by atoms with Gasteiger partial charge < -0.3 is 24.4 Å². The summed E-state index contributed by atoms with van der Waals surface area (Å²) in [5, 5.41) is 4.42. The van der Waals surface area contributed by atoms with E-state index in [-0.39, 0.29) is 6.09 Å². The zero-order valence-corrected chi connectivity index (χ0v) is 21.1. The quantitative estimate of drug-likeness (QED) is 0.562. The first-order valence-electron chi connectivity index (χ1n) is 12.6. The fourth-order valence-corrected chi connectivity index (χ4v) is 4.93. The van der Waals surface area contributed by atoms with Crippen molar-refractivity contribution in [2.45, 2.75) is 65.0 Å². The van der Waals surface area contributed by atoms with Gasteiger partial charge in [-0.2, -0.15) is 4.98 Å². The Balaban J connectivity index is 1.23. The fourth-order valence-electron chi connectivity index (χ4n) is 4.93. The van der Waals surface area contributed by atoms with Gasteiger partial charge in [0.15, 0.2) is 0 Å². The van der Waals surface area contributed by atoms with Crippen molar-refractivity contribution in [3.63, 3.8) is 0 Å². The summed E-state index contributed by atoms with van der Waals surface area (Å²) in [6.07, 6.45) is 10.7. The van der Waals surface area contributed by atoms with Crippen LogP contribution in [0.25, 0.3) is 11.0 Å². The molecule has 2 fully saturated rings. The Morgan fingerprint density at radius 3 is 2.46 bits per heavy atom. The van der Waals surface area contributed by atoms with Gasteiger partial charge in [-0.1, -0.05) is 12.8 Å². The number of aryl methyl sites for hydroxylation is 1. The third-order valence-corrected chi connectivity index (χ3v) is 6.75. The van der Waals surface area contributed by atoms with E-state index in [4.69, 9.17) is 9.72 Å². The third-order valence-electron chi connectivity index (χ3n) is 6.75. The van der Waals surface area contributed by atoms with E-state index in [1.165, 1.54) is 31.2 Å². The number of hydrogen-bond acceptors (Lipinski definition) is 7. The molecule has 1 aliphatic heterocycles. The molecule has 0 spiro atoms. The number of carbonyl (C=O) groups excluding carboxylic acids is 1. The van der Waals surface area contributed by atoms with E-state index in [1.54, 1.807) is 4.90 Å². The van der Waals surface area contributed by atoms with E-state index in [0.717, 1.165) is 35.6 Å². The van der Waals surface area contributed by atoms with Crippen molar-refractivity contribution >= 4 is 34.6 Å². The van der Waals surface area contributed by atoms with Crippen LogP contribution in [0.4, 0.5) is 22.2 Å². The lowest BCUT2D eigenvalue weighted by Crippen LogP contribution is -2.50. The predicted octanol–water partition coefficient (Wildman–Crippen LogP) is 5.05. The second-order valence-electron chi connectivity index (χ2n) is 10.6. The van der Waals surface area contributed by atoms with E-state index in [9.17, 15) is 4.79 Å². The van der Waals surface area contributed by atoms with Crippen molar-refractivity contribution in [3.05, 3.63) is 36.3 Å². The number of ether oxygens (including phenoxy) is 1. The van der Waals surface area contributed by atoms with E-state index < -0.39 is 5.60 Å². The summed E-state index contributed by atoms with van der Waals surface area (Å²) in [6, 6.07) is 4.53. The number of fused-ring (bicyclic) bond motifs is 1. The minimum absolute atomic E-state index is 0.254. The Morgan fingerprint density at radius 1 is 1.06 bits per heavy atom. The minimum Gasteiger partial charge on any atom is -0.444 e. The van der Waals surface area contributed by atoms with E-state index in [0.29, 0.717) is 25.1 Å². The number of hydrogen-bond donors (Lipinski definition) is 1. The van der Waals surface area contributed by atoms with Crippen LogP contribution in [0, 0.1) is 6.92 Å². The Hall–Kier alpha value is -3.36. The van der Waals surface area contributed by atoms with Gasteiger partial charge >= 0.3 is 6.09 Å². The molecule has 3 aromatic rings. The lowest BCUT2D eigenvalue weighted by atomic mass is 10.2. The molecule has 1 amide bonds. The summed E-state index contributed by atoms with van der Waals surface area (Å²) in [5.41, 5.74) is 2.58. The summed E-state index contributed by atoms with van der Waals surface area (Å²) in [6.45, 7) is 10.5. The molecule has 35 heavy (non-hydrogen) atoms. The maximum Gasteiger partial charge on any atom is 0.410 e. The van der Waals surface area contributed by atoms with Crippen molar-refractivity contribution in [2.75, 3.05) is 36.4 Å². The zero-order valence-electron chi connectivity index (χ0n) is 21.1. The summed E-state index contributed by atoms with van der Waals surface area (Å²) in [5.74, 6) is 1.47. The number of carbonyl (C=O) groups is 1. The number of piperazine rings is 1. The van der Waals surface area contributed by atoms with Crippen molar-refractivity contribution in [3.8, 4) is 0 Å². The monoisotopic (exact) mass is 477 g/mol. The van der Waals surface area contributed by atoms with E-state index in [2.05, 4.69) is 37.9 Å². The Morgan fingerprint density at radius 2 is 1.80 bits per heavy atom. The molecule has 9 nitrogen and oxygen atoms in total. The number of anilines is 3. The summed E-state index contributed by atoms with van der Waals surface area (Å²) >= 11 is 0. The predicted molar refractivity (Wildman–Crippen MR) is 137 cm³/mol. The smallest absolute Gasteiger partial charge is 0.410 e. The van der Waals surface area contributed by atoms with Crippen LogP contribution in [0.3, 0.4) is 0 Å². The summed E-state index contributed by atoms with van der Waals surface area (Å²) < 4.78 is 7.82. The minimum atomic E-state index is -0.481. The van der Waals surface area contributed by atoms with Gasteiger partial charge in [0.2, 0.25) is 5.95 Å². The Kier molecular flexibility index (Phi) is 6.25. The Bertz CT molecular complexity index is 1180. The van der Waals surface area contributed by atoms with Crippen molar-refractivity contribution in [2.24, 2.45) is 0 Å². The number of nitrogens with one attached hydrogen (secondary N) is 1. The normalized spacial score (nSPS) is 17.3.